The Morgan fingerprint density at radius 1 is 0.464 bits per heavy atom. The van der Waals surface area contributed by atoms with Crippen LogP contribution < -0.4 is 59.6 Å². The Kier molecular flexibility index (Phi) is 55.0. The molecule has 46 heteroatoms. The molecule has 0 aliphatic carbocycles. The average Bonchev–Trinajstić information content (AvgIpc) is 0.874. The smallest absolute Gasteiger partial charge is 1.00 e. The van der Waals surface area contributed by atoms with E-state index < -0.39 is 110 Å². The van der Waals surface area contributed by atoms with E-state index >= 15 is 0 Å². The van der Waals surface area contributed by atoms with Crippen molar-refractivity contribution in [1.29, 1.82) is 0 Å². The SMILES string of the molecule is Fc1ccc(CN(CCCl)CC(Cl)c2ccc(OC(F)(F)F)cc2)cc1F.Nc1ccc(Cl)cc1Cl.O=C(CBr)c1ccc(OC(F)(F)F)cc1.O=C(CN(CCO)Cc1ccc(F)c(F)c1)c1ccc(OC(F)(F)F)cc1.O=S(Cl)Cl.OCCN(Cc1ccc(F)c(F)c1)CC(O)c1ccc(OC(F)(F)F)cc1.OCCNCCc1ccc(F)c(F)c1.[B].[H-].[Na+]. The molecule has 2 atom stereocenters. The summed E-state index contributed by atoms with van der Waals surface area (Å²) < 4.78 is 273. The van der Waals surface area contributed by atoms with Crippen molar-refractivity contribution in [3.05, 3.63) is 289 Å². The number of rotatable bonds is 32. The number of halogens is 27. The van der Waals surface area contributed by atoms with E-state index in [0.29, 0.717) is 94.1 Å². The third kappa shape index (κ3) is 50.6. The third-order valence-corrected chi connectivity index (χ3v) is 17.0. The van der Waals surface area contributed by atoms with Gasteiger partial charge in [-0.3, -0.25) is 24.3 Å². The standard InChI is InChI=1S/C18H16Cl2F5NO.C18H18F5NO3.C18H16F5NO3.C10H13F2NO.C9H6BrF3O2.C6H5Cl2N.B.Cl2OS.Na.H/c19-7-8-26(10-12-1-6-16(21)17(22)9-12)11-15(20)13-2-4-14(5-3-13)27-18(23,24)25;2*19-15-6-1-12(9-16(15)20)10-24(7-8-25)11-17(26)13-2-4-14(5-3-13)27-18(21,22)23;11-9-2-1-8(7-10(9)12)3-4-13-5-6-14;10-5-8(14)6-1-3-7(4-2-6)15-9(11,12)13;7-4-1-2-6(9)5(8)3-4;;1-4(2)3;;/h1-6,9,15H,7-8,10-11H2;1-6,9,17,25-26H,7-8,10-11H2;1-6,9,25H,7-8,10-11H2;1-2,7,13-14H,3-6H2;1-4H,5H2;1-3H,9H2;;;;/q;;;;;;;;+1;-1. The Balaban J connectivity index is 0.00000151. The Morgan fingerprint density at radius 3 is 1.14 bits per heavy atom. The molecule has 0 aromatic heterocycles. The summed E-state index contributed by atoms with van der Waals surface area (Å²) in [4.78, 5) is 28.4. The van der Waals surface area contributed by atoms with Crippen LogP contribution in [0, 0.1) is 46.5 Å². The maximum atomic E-state index is 13.4. The first-order valence-electron chi connectivity index (χ1n) is 35.0. The molecule has 9 rings (SSSR count). The number of nitrogens with two attached hydrogens (primary N) is 1. The molecule has 0 saturated carbocycles. The van der Waals surface area contributed by atoms with Crippen LogP contribution in [-0.2, 0) is 35.3 Å². The largest absolute Gasteiger partial charge is 1.00 e. The summed E-state index contributed by atoms with van der Waals surface area (Å²) in [7, 11) is 7.36. The van der Waals surface area contributed by atoms with Crippen molar-refractivity contribution in [1.82, 2.24) is 20.0 Å². The van der Waals surface area contributed by atoms with Crippen LogP contribution in [0.1, 0.15) is 67.0 Å². The van der Waals surface area contributed by atoms with E-state index in [-0.39, 0.29) is 127 Å². The molecular formula is C79H75BBrCl6F20N5NaO11S. The van der Waals surface area contributed by atoms with E-state index in [9.17, 15) is 103 Å². The molecule has 0 bridgehead atoms. The van der Waals surface area contributed by atoms with E-state index in [1.54, 1.807) is 29.2 Å². The second kappa shape index (κ2) is 59.3. The van der Waals surface area contributed by atoms with Gasteiger partial charge in [0.1, 0.15) is 23.0 Å². The van der Waals surface area contributed by atoms with E-state index in [2.05, 4.69) is 61.6 Å². The van der Waals surface area contributed by atoms with Crippen LogP contribution >= 0.6 is 83.7 Å². The van der Waals surface area contributed by atoms with Gasteiger partial charge in [0.05, 0.1) is 53.9 Å². The zero-order chi connectivity index (χ0) is 92.4. The van der Waals surface area contributed by atoms with E-state index in [1.807, 2.05) is 4.90 Å². The van der Waals surface area contributed by atoms with Gasteiger partial charge in [0, 0.05) is 111 Å². The number of carbonyl (C=O) groups is 2. The first kappa shape index (κ1) is 116. The van der Waals surface area contributed by atoms with Gasteiger partial charge >= 0.3 is 55.0 Å². The number of alkyl halides is 15. The number of anilines is 1. The average molecular weight is 2010 g/mol. The number of nitrogen functional groups attached to an aromatic ring is 1. The van der Waals surface area contributed by atoms with Crippen molar-refractivity contribution in [2.24, 2.45) is 0 Å². The van der Waals surface area contributed by atoms with Crippen molar-refractivity contribution in [2.75, 3.05) is 89.1 Å². The molecule has 0 heterocycles. The van der Waals surface area contributed by atoms with Gasteiger partial charge in [0.15, 0.2) is 58.1 Å². The van der Waals surface area contributed by atoms with Crippen LogP contribution in [0.15, 0.2) is 188 Å². The number of hydrogen-bond acceptors (Lipinski definition) is 16. The Morgan fingerprint density at radius 2 is 0.800 bits per heavy atom. The molecule has 0 amide bonds. The second-order valence-corrected chi connectivity index (χ2v) is 29.6. The molecule has 7 N–H and O–H groups in total. The number of carbonyl (C=O) groups excluding carboxylic acids is 2. The van der Waals surface area contributed by atoms with Gasteiger partial charge in [-0.1, -0.05) is 87.7 Å². The maximum absolute atomic E-state index is 13.4. The summed E-state index contributed by atoms with van der Waals surface area (Å²) in [6, 6.07) is 38.3. The summed E-state index contributed by atoms with van der Waals surface area (Å²) in [6.07, 6.45) is -19.5. The minimum absolute atomic E-state index is 0. The van der Waals surface area contributed by atoms with Crippen molar-refractivity contribution in [3.8, 4) is 23.0 Å². The molecule has 2 unspecified atom stereocenters. The molecule has 0 aliphatic rings. The number of Topliss-reactive ketones (excluding diaryl/α,β-unsaturated/α-hetero) is 2. The van der Waals surface area contributed by atoms with Gasteiger partial charge in [-0.25, -0.2) is 39.3 Å². The number of hydrogen-bond donors (Lipinski definition) is 6. The van der Waals surface area contributed by atoms with E-state index in [4.69, 9.17) is 71.7 Å². The van der Waals surface area contributed by atoms with Crippen molar-refractivity contribution in [3.63, 3.8) is 0 Å². The molecule has 3 radical (unpaired) electrons. The van der Waals surface area contributed by atoms with Crippen LogP contribution in [0.2, 0.25) is 10.0 Å². The van der Waals surface area contributed by atoms with Gasteiger partial charge in [-0.05, 0) is 186 Å². The van der Waals surface area contributed by atoms with Crippen LogP contribution in [-0.4, -0.2) is 168 Å². The van der Waals surface area contributed by atoms with Gasteiger partial charge in [-0.15, -0.1) is 75.9 Å². The number of aliphatic hydroxyl groups excluding tert-OH is 4. The quantitative estimate of drug-likeness (QED) is 0.00439. The molecule has 0 saturated heterocycles. The predicted molar refractivity (Wildman–Crippen MR) is 436 cm³/mol. The summed E-state index contributed by atoms with van der Waals surface area (Å²) in [5, 5.41) is 40.7. The first-order valence-corrected chi connectivity index (χ1v) is 40.6. The minimum Gasteiger partial charge on any atom is -1.00 e. The molecule has 0 spiro atoms. The normalized spacial score (nSPS) is 11.6. The summed E-state index contributed by atoms with van der Waals surface area (Å²) in [6.45, 7) is 2.14. The number of nitrogens with zero attached hydrogens (tertiary/aromatic N) is 3. The molecule has 0 fully saturated rings. The number of ketones is 2. The topological polar surface area (TPSA) is 217 Å². The zero-order valence-electron chi connectivity index (χ0n) is 65.8. The first-order chi connectivity index (χ1) is 57.6. The molecule has 16 nitrogen and oxygen atoms in total. The van der Waals surface area contributed by atoms with Crippen molar-refractivity contribution < 1.29 is 172 Å². The van der Waals surface area contributed by atoms with Gasteiger partial charge in [-0.2, -0.15) is 0 Å². The molecule has 9 aromatic carbocycles. The summed E-state index contributed by atoms with van der Waals surface area (Å²) >= 11 is 26.3. The monoisotopic (exact) mass is 2000 g/mol. The molecule has 125 heavy (non-hydrogen) atoms. The predicted octanol–water partition coefficient (Wildman–Crippen LogP) is 17.4. The van der Waals surface area contributed by atoms with Crippen LogP contribution in [0.5, 0.6) is 23.0 Å². The Hall–Kier alpha value is -6.97. The number of benzene rings is 9. The molecule has 681 valence electrons. The van der Waals surface area contributed by atoms with E-state index in [1.165, 1.54) is 89.8 Å². The summed E-state index contributed by atoms with van der Waals surface area (Å²) in [5.41, 5.74) is 9.53. The van der Waals surface area contributed by atoms with Crippen molar-refractivity contribution >= 4 is 119 Å². The molecule has 0 aliphatic heterocycles. The van der Waals surface area contributed by atoms with Gasteiger partial charge in [0.2, 0.25) is 9.23 Å². The number of aliphatic hydroxyl groups is 4. The second-order valence-electron chi connectivity index (χ2n) is 24.7. The van der Waals surface area contributed by atoms with Crippen LogP contribution in [0.3, 0.4) is 0 Å². The maximum Gasteiger partial charge on any atom is 1.00 e. The molecule has 9 aromatic rings. The third-order valence-electron chi connectivity index (χ3n) is 15.4. The number of ether oxygens (including phenoxy) is 4. The fraction of sp³-hybridized carbons (Fsp3) is 0.291. The summed E-state index contributed by atoms with van der Waals surface area (Å²) in [5.74, 6) is -9.37. The zero-order valence-corrected chi connectivity index (χ0v) is 73.8. The number of nitrogens with one attached hydrogen (secondary N) is 1. The minimum atomic E-state index is -4.83. The van der Waals surface area contributed by atoms with Crippen LogP contribution in [0.25, 0.3) is 0 Å². The van der Waals surface area contributed by atoms with Crippen molar-refractivity contribution in [2.45, 2.75) is 63.0 Å². The van der Waals surface area contributed by atoms with Gasteiger partial charge in [0.25, 0.3) is 0 Å². The van der Waals surface area contributed by atoms with Crippen LogP contribution in [0.4, 0.5) is 93.5 Å². The molecular weight excluding hydrogens is 1930 g/mol. The Bertz CT molecular complexity index is 4570. The van der Waals surface area contributed by atoms with E-state index in [0.717, 1.165) is 84.4 Å². The Labute approximate surface area is 769 Å². The van der Waals surface area contributed by atoms with Gasteiger partial charge < -0.3 is 51.9 Å². The fourth-order valence-corrected chi connectivity index (χ4v) is 11.2. The fourth-order valence-electron chi connectivity index (χ4n) is 9.92.